The van der Waals surface area contributed by atoms with Crippen molar-refractivity contribution >= 4 is 11.6 Å². The predicted molar refractivity (Wildman–Crippen MR) is 94.9 cm³/mol. The first-order chi connectivity index (χ1) is 12.2. The number of nitriles is 2. The highest BCUT2D eigenvalue weighted by molar-refractivity contribution is 6.05. The second-order valence-corrected chi connectivity index (χ2v) is 6.22. The molecular formula is C21H17N3O. The third kappa shape index (κ3) is 3.34. The number of benzene rings is 2. The van der Waals surface area contributed by atoms with Gasteiger partial charge in [-0.25, -0.2) is 4.99 Å². The molecule has 0 radical (unpaired) electrons. The van der Waals surface area contributed by atoms with Gasteiger partial charge >= 0.3 is 0 Å². The quantitative estimate of drug-likeness (QED) is 0.834. The third-order valence-corrected chi connectivity index (χ3v) is 4.72. The van der Waals surface area contributed by atoms with Crippen molar-refractivity contribution in [3.63, 3.8) is 0 Å². The molecule has 0 heterocycles. The molecule has 2 atom stereocenters. The van der Waals surface area contributed by atoms with Crippen molar-refractivity contribution in [2.75, 3.05) is 0 Å². The van der Waals surface area contributed by atoms with Crippen LogP contribution >= 0.6 is 0 Å². The summed E-state index contributed by atoms with van der Waals surface area (Å²) in [4.78, 5) is 16.5. The van der Waals surface area contributed by atoms with E-state index in [-0.39, 0.29) is 5.91 Å². The van der Waals surface area contributed by atoms with Crippen LogP contribution in [0.3, 0.4) is 0 Å². The SMILES string of the molecule is N#CC1CC(C#N)(c2ccccc2)CCC1=NC(=O)c1ccccc1. The Kier molecular flexibility index (Phi) is 4.73. The maximum atomic E-state index is 12.3. The summed E-state index contributed by atoms with van der Waals surface area (Å²) in [6.45, 7) is 0. The summed E-state index contributed by atoms with van der Waals surface area (Å²) in [6, 6.07) is 23.0. The van der Waals surface area contributed by atoms with Crippen LogP contribution in [0, 0.1) is 28.6 Å². The molecule has 4 heteroatoms. The van der Waals surface area contributed by atoms with Crippen molar-refractivity contribution in [3.05, 3.63) is 71.8 Å². The van der Waals surface area contributed by atoms with Crippen molar-refractivity contribution < 1.29 is 4.79 Å². The molecule has 25 heavy (non-hydrogen) atoms. The van der Waals surface area contributed by atoms with E-state index in [4.69, 9.17) is 0 Å². The molecule has 1 aliphatic rings. The number of rotatable bonds is 2. The van der Waals surface area contributed by atoms with Crippen molar-refractivity contribution in [3.8, 4) is 12.1 Å². The molecule has 122 valence electrons. The van der Waals surface area contributed by atoms with Gasteiger partial charge < -0.3 is 0 Å². The van der Waals surface area contributed by atoms with Crippen LogP contribution in [0.5, 0.6) is 0 Å². The Morgan fingerprint density at radius 3 is 2.28 bits per heavy atom. The molecule has 2 aromatic carbocycles. The predicted octanol–water partition coefficient (Wildman–Crippen LogP) is 4.05. The molecular weight excluding hydrogens is 310 g/mol. The highest BCUT2D eigenvalue weighted by Gasteiger charge is 2.41. The second-order valence-electron chi connectivity index (χ2n) is 6.22. The van der Waals surface area contributed by atoms with Gasteiger partial charge in [-0.1, -0.05) is 48.5 Å². The van der Waals surface area contributed by atoms with Crippen molar-refractivity contribution in [2.24, 2.45) is 10.9 Å². The van der Waals surface area contributed by atoms with Crippen molar-refractivity contribution in [1.82, 2.24) is 0 Å². The van der Waals surface area contributed by atoms with Gasteiger partial charge in [-0.3, -0.25) is 4.79 Å². The average molecular weight is 327 g/mol. The van der Waals surface area contributed by atoms with Gasteiger partial charge in [0.05, 0.1) is 23.5 Å². The number of hydrogen-bond donors (Lipinski definition) is 0. The first kappa shape index (κ1) is 16.6. The van der Waals surface area contributed by atoms with E-state index >= 15 is 0 Å². The highest BCUT2D eigenvalue weighted by atomic mass is 16.1. The molecule has 1 fully saturated rings. The van der Waals surface area contributed by atoms with Gasteiger partial charge in [0.2, 0.25) is 0 Å². The molecule has 1 saturated carbocycles. The summed E-state index contributed by atoms with van der Waals surface area (Å²) in [5.41, 5.74) is 1.31. The molecule has 4 nitrogen and oxygen atoms in total. The molecule has 1 amide bonds. The van der Waals surface area contributed by atoms with Crippen LogP contribution in [0.4, 0.5) is 0 Å². The average Bonchev–Trinajstić information content (AvgIpc) is 2.69. The van der Waals surface area contributed by atoms with Gasteiger partial charge in [-0.05, 0) is 37.0 Å². The normalized spacial score (nSPS) is 24.2. The Morgan fingerprint density at radius 2 is 1.68 bits per heavy atom. The molecule has 1 aliphatic carbocycles. The largest absolute Gasteiger partial charge is 0.276 e. The zero-order valence-electron chi connectivity index (χ0n) is 13.7. The summed E-state index contributed by atoms with van der Waals surface area (Å²) in [6.07, 6.45) is 1.40. The van der Waals surface area contributed by atoms with Crippen LogP contribution in [0.2, 0.25) is 0 Å². The van der Waals surface area contributed by atoms with Gasteiger partial charge in [-0.15, -0.1) is 0 Å². The summed E-state index contributed by atoms with van der Waals surface area (Å²) in [5.74, 6) is -0.860. The number of carbonyl (C=O) groups excluding carboxylic acids is 1. The standard InChI is InChI=1S/C21H17N3O/c22-14-17-13-21(15-23,18-9-5-2-6-10-18)12-11-19(17)24-20(25)16-7-3-1-4-8-16/h1-10,17H,11-13H2. The van der Waals surface area contributed by atoms with E-state index in [1.54, 1.807) is 24.3 Å². The minimum absolute atomic E-state index is 0.333. The van der Waals surface area contributed by atoms with E-state index in [2.05, 4.69) is 17.1 Å². The molecule has 0 saturated heterocycles. The minimum atomic E-state index is -0.698. The molecule has 2 aromatic rings. The van der Waals surface area contributed by atoms with Gasteiger partial charge in [0.1, 0.15) is 0 Å². The Labute approximate surface area is 147 Å². The molecule has 2 unspecified atom stereocenters. The monoisotopic (exact) mass is 327 g/mol. The maximum absolute atomic E-state index is 12.3. The van der Waals surface area contributed by atoms with Crippen molar-refractivity contribution in [1.29, 1.82) is 10.5 Å². The molecule has 0 N–H and O–H groups in total. The van der Waals surface area contributed by atoms with Gasteiger partial charge in [0.15, 0.2) is 0 Å². The lowest BCUT2D eigenvalue weighted by Gasteiger charge is -2.34. The molecule has 0 aliphatic heterocycles. The van der Waals surface area contributed by atoms with Gasteiger partial charge in [-0.2, -0.15) is 10.5 Å². The Bertz CT molecular complexity index is 875. The summed E-state index contributed by atoms with van der Waals surface area (Å²) in [7, 11) is 0. The fraction of sp³-hybridized carbons (Fsp3) is 0.238. The van der Waals surface area contributed by atoms with E-state index in [9.17, 15) is 15.3 Å². The minimum Gasteiger partial charge on any atom is -0.267 e. The van der Waals surface area contributed by atoms with Gasteiger partial charge in [0.25, 0.3) is 5.91 Å². The summed E-state index contributed by atoms with van der Waals surface area (Å²) >= 11 is 0. The number of hydrogen-bond acceptors (Lipinski definition) is 3. The maximum Gasteiger partial charge on any atom is 0.276 e. The van der Waals surface area contributed by atoms with E-state index in [0.29, 0.717) is 30.5 Å². The Morgan fingerprint density at radius 1 is 1.04 bits per heavy atom. The van der Waals surface area contributed by atoms with E-state index < -0.39 is 11.3 Å². The van der Waals surface area contributed by atoms with Crippen LogP contribution in [0.25, 0.3) is 0 Å². The van der Waals surface area contributed by atoms with Crippen LogP contribution in [-0.2, 0) is 5.41 Å². The van der Waals surface area contributed by atoms with Crippen LogP contribution < -0.4 is 0 Å². The van der Waals surface area contributed by atoms with Gasteiger partial charge in [0, 0.05) is 11.3 Å². The zero-order valence-corrected chi connectivity index (χ0v) is 13.7. The van der Waals surface area contributed by atoms with Crippen LogP contribution in [-0.4, -0.2) is 11.6 Å². The lowest BCUT2D eigenvalue weighted by atomic mass is 9.66. The van der Waals surface area contributed by atoms with E-state index in [0.717, 1.165) is 5.56 Å². The topological polar surface area (TPSA) is 77.0 Å². The third-order valence-electron chi connectivity index (χ3n) is 4.72. The highest BCUT2D eigenvalue weighted by Crippen LogP contribution is 2.40. The van der Waals surface area contributed by atoms with Crippen molar-refractivity contribution in [2.45, 2.75) is 24.7 Å². The van der Waals surface area contributed by atoms with Crippen LogP contribution in [0.1, 0.15) is 35.2 Å². The Hall–Kier alpha value is -3.24. The lowest BCUT2D eigenvalue weighted by molar-refractivity contribution is 0.100. The smallest absolute Gasteiger partial charge is 0.267 e. The lowest BCUT2D eigenvalue weighted by Crippen LogP contribution is -2.36. The molecule has 0 bridgehead atoms. The molecule has 0 spiro atoms. The van der Waals surface area contributed by atoms with E-state index in [1.165, 1.54) is 0 Å². The number of nitrogens with zero attached hydrogens (tertiary/aromatic N) is 3. The summed E-state index contributed by atoms with van der Waals surface area (Å²) in [5, 5.41) is 19.4. The second kappa shape index (κ2) is 7.11. The first-order valence-corrected chi connectivity index (χ1v) is 8.22. The van der Waals surface area contributed by atoms with E-state index in [1.807, 2.05) is 36.4 Å². The fourth-order valence-corrected chi connectivity index (χ4v) is 3.30. The fourth-order valence-electron chi connectivity index (χ4n) is 3.30. The number of carbonyl (C=O) groups is 1. The van der Waals surface area contributed by atoms with Crippen LogP contribution in [0.15, 0.2) is 65.7 Å². The number of aliphatic imine (C=N–C) groups is 1. The zero-order chi connectivity index (χ0) is 17.7. The number of amides is 1. The summed E-state index contributed by atoms with van der Waals surface area (Å²) < 4.78 is 0. The molecule has 3 rings (SSSR count). The molecule has 0 aromatic heterocycles. The Balaban J connectivity index is 1.88. The first-order valence-electron chi connectivity index (χ1n) is 8.22.